The number of ether oxygens (including phenoxy) is 10. The van der Waals surface area contributed by atoms with Crippen LogP contribution in [0.3, 0.4) is 0 Å². The lowest BCUT2D eigenvalue weighted by Crippen LogP contribution is -2.55. The molecule has 20 atom stereocenters. The van der Waals surface area contributed by atoms with Crippen LogP contribution in [0.5, 0.6) is 0 Å². The Labute approximate surface area is 386 Å². The third kappa shape index (κ3) is 11.7. The maximum atomic E-state index is 13.1. The molecule has 5 saturated heterocycles. The average molecular weight is 921 g/mol. The van der Waals surface area contributed by atoms with Crippen LogP contribution in [-0.2, 0) is 52.2 Å². The highest BCUT2D eigenvalue weighted by Gasteiger charge is 2.58. The lowest BCUT2D eigenvalue weighted by atomic mass is 9.72. The molecular weight excluding hydrogens is 841 g/mol. The Hall–Kier alpha value is -2.09. The van der Waals surface area contributed by atoms with Gasteiger partial charge in [0, 0.05) is 58.2 Å². The summed E-state index contributed by atoms with van der Waals surface area (Å²) in [6, 6.07) is 0. The van der Waals surface area contributed by atoms with Crippen molar-refractivity contribution in [3.63, 3.8) is 0 Å². The first-order chi connectivity index (χ1) is 30.9. The van der Waals surface area contributed by atoms with Gasteiger partial charge in [0.25, 0.3) is 0 Å². The molecule has 15 nitrogen and oxygen atoms in total. The number of carbonyl (C=O) groups is 1. The van der Waals surface area contributed by atoms with E-state index in [9.17, 15) is 25.2 Å². The molecular formula is C50H80O15. The SMILES string of the molecule is CCOC(=O)C1=C[C@H](C)[C@@H](O)[C@H]2OC/C(=C\C=C\[C@H](C)[C@H](O[C@H]3C[C@H](OC)[C@@H](O[C@H]4C[C@H](OC)[C@@H](O)[C@H](C)O4)[C@H](C)O3)/C(C)=C/C[C@@H]3C[C@H](O)C[C@]4(CC[C@H](C)C([C@@H](C)CC)O4)O3)[C@@]12O. The fourth-order valence-electron chi connectivity index (χ4n) is 10.8. The van der Waals surface area contributed by atoms with E-state index in [-0.39, 0.29) is 36.9 Å². The molecule has 6 rings (SSSR count). The summed E-state index contributed by atoms with van der Waals surface area (Å²) in [6.07, 6.45) is 6.44. The molecule has 0 aromatic carbocycles. The zero-order chi connectivity index (χ0) is 47.4. The summed E-state index contributed by atoms with van der Waals surface area (Å²) in [4.78, 5) is 13.1. The van der Waals surface area contributed by atoms with Crippen molar-refractivity contribution in [3.05, 3.63) is 47.1 Å². The van der Waals surface area contributed by atoms with E-state index in [4.69, 9.17) is 47.4 Å². The molecule has 1 spiro atoms. The zero-order valence-corrected chi connectivity index (χ0v) is 40.6. The lowest BCUT2D eigenvalue weighted by molar-refractivity contribution is -0.340. The highest BCUT2D eigenvalue weighted by atomic mass is 16.7. The quantitative estimate of drug-likeness (QED) is 0.111. The van der Waals surface area contributed by atoms with E-state index >= 15 is 0 Å². The molecule has 370 valence electrons. The van der Waals surface area contributed by atoms with Crippen molar-refractivity contribution in [2.75, 3.05) is 27.4 Å². The van der Waals surface area contributed by atoms with Crippen LogP contribution in [-0.4, -0.2) is 151 Å². The monoisotopic (exact) mass is 921 g/mol. The Morgan fingerprint density at radius 3 is 2.35 bits per heavy atom. The molecule has 15 heteroatoms. The first-order valence-electron chi connectivity index (χ1n) is 24.2. The fraction of sp³-hybridized carbons (Fsp3) is 0.820. The van der Waals surface area contributed by atoms with Gasteiger partial charge in [-0.1, -0.05) is 71.4 Å². The summed E-state index contributed by atoms with van der Waals surface area (Å²) in [5.74, 6) is -1.37. The minimum atomic E-state index is -1.86. The van der Waals surface area contributed by atoms with Crippen LogP contribution in [0.15, 0.2) is 47.1 Å². The van der Waals surface area contributed by atoms with Crippen molar-refractivity contribution in [2.24, 2.45) is 23.7 Å². The topological polar surface area (TPSA) is 190 Å². The molecule has 5 aliphatic heterocycles. The maximum Gasteiger partial charge on any atom is 0.337 e. The number of fused-ring (bicyclic) bond motifs is 1. The summed E-state index contributed by atoms with van der Waals surface area (Å²) in [7, 11) is 3.20. The number of carbonyl (C=O) groups excluding carboxylic acids is 1. The van der Waals surface area contributed by atoms with Crippen LogP contribution in [0, 0.1) is 23.7 Å². The Balaban J connectivity index is 1.22. The zero-order valence-electron chi connectivity index (χ0n) is 40.6. The molecule has 0 radical (unpaired) electrons. The Morgan fingerprint density at radius 2 is 1.66 bits per heavy atom. The third-order valence-corrected chi connectivity index (χ3v) is 14.9. The van der Waals surface area contributed by atoms with Gasteiger partial charge in [-0.15, -0.1) is 0 Å². The van der Waals surface area contributed by atoms with Crippen molar-refractivity contribution in [2.45, 2.75) is 211 Å². The molecule has 5 heterocycles. The number of esters is 1. The van der Waals surface area contributed by atoms with Gasteiger partial charge in [-0.25, -0.2) is 4.79 Å². The van der Waals surface area contributed by atoms with E-state index in [1.165, 1.54) is 0 Å². The van der Waals surface area contributed by atoms with Crippen LogP contribution < -0.4 is 0 Å². The normalized spacial score (nSPS) is 43.6. The van der Waals surface area contributed by atoms with Gasteiger partial charge in [-0.05, 0) is 63.5 Å². The third-order valence-electron chi connectivity index (χ3n) is 14.9. The van der Waals surface area contributed by atoms with E-state index in [1.807, 2.05) is 32.9 Å². The van der Waals surface area contributed by atoms with Crippen molar-refractivity contribution in [1.82, 2.24) is 0 Å². The molecule has 1 unspecified atom stereocenters. The van der Waals surface area contributed by atoms with Gasteiger partial charge in [0.1, 0.15) is 23.9 Å². The van der Waals surface area contributed by atoms with Gasteiger partial charge in [0.2, 0.25) is 0 Å². The number of aliphatic hydroxyl groups excluding tert-OH is 3. The number of aliphatic hydroxyl groups is 4. The summed E-state index contributed by atoms with van der Waals surface area (Å²) in [5.41, 5.74) is -0.440. The molecule has 0 amide bonds. The average Bonchev–Trinajstić information content (AvgIpc) is 3.61. The number of hydrogen-bond donors (Lipinski definition) is 4. The predicted molar refractivity (Wildman–Crippen MR) is 240 cm³/mol. The minimum absolute atomic E-state index is 0.0156. The van der Waals surface area contributed by atoms with Gasteiger partial charge >= 0.3 is 5.97 Å². The summed E-state index contributed by atoms with van der Waals surface area (Å²) < 4.78 is 62.3. The van der Waals surface area contributed by atoms with Crippen molar-refractivity contribution in [3.8, 4) is 0 Å². The molecule has 0 saturated carbocycles. The van der Waals surface area contributed by atoms with E-state index in [0.29, 0.717) is 49.5 Å². The van der Waals surface area contributed by atoms with Crippen molar-refractivity contribution >= 4 is 5.97 Å². The van der Waals surface area contributed by atoms with E-state index in [0.717, 1.165) is 24.8 Å². The molecule has 5 fully saturated rings. The predicted octanol–water partition coefficient (Wildman–Crippen LogP) is 5.60. The summed E-state index contributed by atoms with van der Waals surface area (Å²) in [5, 5.41) is 44.9. The van der Waals surface area contributed by atoms with E-state index in [1.54, 1.807) is 47.1 Å². The van der Waals surface area contributed by atoms with Gasteiger partial charge in [0.15, 0.2) is 18.4 Å². The largest absolute Gasteiger partial charge is 0.463 e. The summed E-state index contributed by atoms with van der Waals surface area (Å²) in [6.45, 7) is 18.0. The van der Waals surface area contributed by atoms with Crippen LogP contribution >= 0.6 is 0 Å². The molecule has 0 bridgehead atoms. The number of methoxy groups -OCH3 is 2. The second kappa shape index (κ2) is 22.6. The summed E-state index contributed by atoms with van der Waals surface area (Å²) >= 11 is 0. The number of allylic oxidation sites excluding steroid dienone is 2. The van der Waals surface area contributed by atoms with Crippen LogP contribution in [0.4, 0.5) is 0 Å². The number of rotatable bonds is 16. The molecule has 6 aliphatic rings. The highest BCUT2D eigenvalue weighted by Crippen LogP contribution is 2.46. The first kappa shape index (κ1) is 52.3. The van der Waals surface area contributed by atoms with Gasteiger partial charge in [-0.2, -0.15) is 0 Å². The first-order valence-corrected chi connectivity index (χ1v) is 24.2. The molecule has 0 aromatic rings. The minimum Gasteiger partial charge on any atom is -0.463 e. The van der Waals surface area contributed by atoms with Gasteiger partial charge in [-0.3, -0.25) is 0 Å². The standard InChI is InChI=1S/C50H80O15/c1-12-27(3)45-30(6)19-20-49(65-45)25-35(51)22-36(64-49)18-17-29(5)44(62-41-24-39(57-11)46(33(9)61-41)63-40-23-38(56-10)43(53)32(8)60-40)28(4)15-14-16-34-26-59-47-42(52)31(7)21-37(50(34,47)55)48(54)58-13-2/h14-17,21,27-28,30-33,35-36,38-47,51-53,55H,12-13,18-20,22-26H2,1-11H3/b15-14+,29-17+,34-16+/t27-,28-,30-,31-,32-,33-,35-,36+,38-,39-,40-,41-,42+,43-,44-,45?,46-,47+,49+,50+/m0/s1. The van der Waals surface area contributed by atoms with Crippen molar-refractivity contribution < 1.29 is 72.6 Å². The van der Waals surface area contributed by atoms with E-state index < -0.39 is 96.9 Å². The second-order valence-corrected chi connectivity index (χ2v) is 19.7. The molecule has 1 aliphatic carbocycles. The van der Waals surface area contributed by atoms with Crippen LogP contribution in [0.25, 0.3) is 0 Å². The maximum absolute atomic E-state index is 13.1. The molecule has 4 N–H and O–H groups in total. The number of hydrogen-bond acceptors (Lipinski definition) is 15. The fourth-order valence-corrected chi connectivity index (χ4v) is 10.8. The lowest BCUT2D eigenvalue weighted by Gasteiger charge is -2.50. The Kier molecular flexibility index (Phi) is 18.1. The van der Waals surface area contributed by atoms with Gasteiger partial charge in [0.05, 0.1) is 73.7 Å². The Bertz CT molecular complexity index is 1700. The molecule has 0 aromatic heterocycles. The molecule has 65 heavy (non-hydrogen) atoms. The van der Waals surface area contributed by atoms with Gasteiger partial charge < -0.3 is 67.8 Å². The van der Waals surface area contributed by atoms with Crippen LogP contribution in [0.2, 0.25) is 0 Å². The Morgan fingerprint density at radius 1 is 0.954 bits per heavy atom. The van der Waals surface area contributed by atoms with Crippen LogP contribution in [0.1, 0.15) is 114 Å². The second-order valence-electron chi connectivity index (χ2n) is 19.7. The van der Waals surface area contributed by atoms with Crippen molar-refractivity contribution in [1.29, 1.82) is 0 Å². The smallest absolute Gasteiger partial charge is 0.337 e. The van der Waals surface area contributed by atoms with E-state index in [2.05, 4.69) is 26.8 Å². The highest BCUT2D eigenvalue weighted by molar-refractivity contribution is 5.92.